The third-order valence-corrected chi connectivity index (χ3v) is 7.78. The Labute approximate surface area is 177 Å². The highest BCUT2D eigenvalue weighted by molar-refractivity contribution is 5.98. The Morgan fingerprint density at radius 1 is 0.900 bits per heavy atom. The lowest BCUT2D eigenvalue weighted by atomic mass is 9.49. The molecule has 0 aromatic heterocycles. The number of hydrogen-bond donors (Lipinski definition) is 2. The van der Waals surface area contributed by atoms with Gasteiger partial charge in [0.15, 0.2) is 0 Å². The van der Waals surface area contributed by atoms with Crippen LogP contribution in [0.2, 0.25) is 0 Å². The van der Waals surface area contributed by atoms with E-state index in [1.807, 2.05) is 4.90 Å². The summed E-state index contributed by atoms with van der Waals surface area (Å²) in [5.74, 6) is 2.18. The number of rotatable bonds is 4. The predicted molar refractivity (Wildman–Crippen MR) is 115 cm³/mol. The second kappa shape index (κ2) is 7.40. The number of nitrogens with one attached hydrogen (secondary N) is 2. The minimum atomic E-state index is -0.375. The van der Waals surface area contributed by atoms with Crippen LogP contribution in [0.25, 0.3) is 0 Å². The highest BCUT2D eigenvalue weighted by Crippen LogP contribution is 2.60. The van der Waals surface area contributed by atoms with Crippen molar-refractivity contribution in [1.29, 1.82) is 0 Å². The van der Waals surface area contributed by atoms with Crippen molar-refractivity contribution in [1.82, 2.24) is 4.90 Å². The largest absolute Gasteiger partial charge is 0.330 e. The minimum absolute atomic E-state index is 0.0992. The Bertz CT molecular complexity index is 828. The quantitative estimate of drug-likeness (QED) is 0.794. The number of nitrogens with zero attached hydrogens (tertiary/aromatic N) is 1. The van der Waals surface area contributed by atoms with Gasteiger partial charge in [-0.3, -0.25) is 14.4 Å². The third-order valence-electron chi connectivity index (χ3n) is 7.78. The molecule has 1 aromatic rings. The summed E-state index contributed by atoms with van der Waals surface area (Å²) in [6.07, 6.45) is 8.65. The number of amides is 3. The SMILES string of the molecule is CC(=O)Nc1ccc(NC(=O)[C@H]2CCCN2C(=O)C23CC4CC(CC(C4)C2)C3)cc1. The molecule has 30 heavy (non-hydrogen) atoms. The van der Waals surface area contributed by atoms with Crippen molar-refractivity contribution in [3.05, 3.63) is 24.3 Å². The third kappa shape index (κ3) is 3.50. The molecule has 4 aliphatic carbocycles. The van der Waals surface area contributed by atoms with Crippen LogP contribution in [-0.2, 0) is 14.4 Å². The number of hydrogen-bond acceptors (Lipinski definition) is 3. The fourth-order valence-corrected chi connectivity index (χ4v) is 7.03. The molecule has 2 N–H and O–H groups in total. The molecule has 1 atom stereocenters. The number of carbonyl (C=O) groups excluding carboxylic acids is 3. The molecule has 6 nitrogen and oxygen atoms in total. The summed E-state index contributed by atoms with van der Waals surface area (Å²) in [5.41, 5.74) is 1.18. The number of carbonyl (C=O) groups is 3. The summed E-state index contributed by atoms with van der Waals surface area (Å²) in [7, 11) is 0. The molecule has 3 amide bonds. The van der Waals surface area contributed by atoms with Crippen LogP contribution < -0.4 is 10.6 Å². The van der Waals surface area contributed by atoms with Gasteiger partial charge in [-0.1, -0.05) is 0 Å². The maximum absolute atomic E-state index is 13.7. The highest BCUT2D eigenvalue weighted by atomic mass is 16.2. The maximum atomic E-state index is 13.7. The summed E-state index contributed by atoms with van der Waals surface area (Å²) in [6.45, 7) is 2.16. The van der Waals surface area contributed by atoms with Crippen LogP contribution in [0.4, 0.5) is 11.4 Å². The second-order valence-electron chi connectivity index (χ2n) is 10.1. The normalized spacial score (nSPS) is 34.1. The number of anilines is 2. The Balaban J connectivity index is 1.27. The summed E-state index contributed by atoms with van der Waals surface area (Å²) >= 11 is 0. The van der Waals surface area contributed by atoms with Gasteiger partial charge in [0, 0.05) is 24.8 Å². The molecule has 0 unspecified atom stereocenters. The summed E-state index contributed by atoms with van der Waals surface area (Å²) in [6, 6.07) is 6.72. The van der Waals surface area contributed by atoms with Crippen LogP contribution in [0.1, 0.15) is 58.3 Å². The van der Waals surface area contributed by atoms with E-state index < -0.39 is 0 Å². The molecule has 4 bridgehead atoms. The molecule has 0 radical (unpaired) electrons. The first kappa shape index (κ1) is 19.6. The molecule has 0 spiro atoms. The molecule has 1 aromatic carbocycles. The lowest BCUT2D eigenvalue weighted by Crippen LogP contribution is -2.56. The lowest BCUT2D eigenvalue weighted by Gasteiger charge is -2.56. The fourth-order valence-electron chi connectivity index (χ4n) is 7.03. The first-order valence-corrected chi connectivity index (χ1v) is 11.4. The Morgan fingerprint density at radius 3 is 1.97 bits per heavy atom. The van der Waals surface area contributed by atoms with Crippen molar-refractivity contribution < 1.29 is 14.4 Å². The summed E-state index contributed by atoms with van der Waals surface area (Å²) < 4.78 is 0. The molecular formula is C24H31N3O3. The van der Waals surface area contributed by atoms with Gasteiger partial charge in [-0.15, -0.1) is 0 Å². The van der Waals surface area contributed by atoms with E-state index in [2.05, 4.69) is 10.6 Å². The van der Waals surface area contributed by atoms with Crippen LogP contribution in [0.5, 0.6) is 0 Å². The van der Waals surface area contributed by atoms with E-state index >= 15 is 0 Å². The van der Waals surface area contributed by atoms with Gasteiger partial charge in [-0.2, -0.15) is 0 Å². The monoisotopic (exact) mass is 409 g/mol. The van der Waals surface area contributed by atoms with Crippen molar-refractivity contribution in [3.63, 3.8) is 0 Å². The summed E-state index contributed by atoms with van der Waals surface area (Å²) in [4.78, 5) is 39.8. The smallest absolute Gasteiger partial charge is 0.247 e. The van der Waals surface area contributed by atoms with Crippen LogP contribution in [0.15, 0.2) is 24.3 Å². The molecule has 1 heterocycles. The van der Waals surface area contributed by atoms with Crippen LogP contribution in [0, 0.1) is 23.2 Å². The average molecular weight is 410 g/mol. The molecule has 1 aliphatic heterocycles. The standard InChI is InChI=1S/C24H31N3O3/c1-15(28)25-19-4-6-20(7-5-19)26-22(29)21-3-2-8-27(21)23(30)24-12-16-9-17(13-24)11-18(10-16)14-24/h4-7,16-18,21H,2-3,8-14H2,1H3,(H,25,28)(H,26,29)/t16?,17?,18?,21-,24?/m1/s1. The van der Waals surface area contributed by atoms with Gasteiger partial charge in [-0.05, 0) is 93.4 Å². The average Bonchev–Trinajstić information content (AvgIpc) is 3.17. The second-order valence-corrected chi connectivity index (χ2v) is 10.1. The molecule has 160 valence electrons. The van der Waals surface area contributed by atoms with E-state index in [0.717, 1.165) is 49.9 Å². The van der Waals surface area contributed by atoms with Gasteiger partial charge in [0.25, 0.3) is 0 Å². The van der Waals surface area contributed by atoms with Gasteiger partial charge in [-0.25, -0.2) is 0 Å². The zero-order chi connectivity index (χ0) is 20.9. The Morgan fingerprint density at radius 2 is 1.43 bits per heavy atom. The first-order valence-electron chi connectivity index (χ1n) is 11.4. The number of likely N-dealkylation sites (tertiary alicyclic amines) is 1. The molecular weight excluding hydrogens is 378 g/mol. The maximum Gasteiger partial charge on any atom is 0.247 e. The van der Waals surface area contributed by atoms with Crippen molar-refractivity contribution in [2.75, 3.05) is 17.2 Å². The summed E-state index contributed by atoms with van der Waals surface area (Å²) in [5, 5.41) is 5.70. The fraction of sp³-hybridized carbons (Fsp3) is 0.625. The van der Waals surface area contributed by atoms with Crippen molar-refractivity contribution in [3.8, 4) is 0 Å². The van der Waals surface area contributed by atoms with Crippen LogP contribution in [-0.4, -0.2) is 35.2 Å². The zero-order valence-electron chi connectivity index (χ0n) is 17.7. The van der Waals surface area contributed by atoms with Crippen LogP contribution in [0.3, 0.4) is 0 Å². The molecule has 1 saturated heterocycles. The van der Waals surface area contributed by atoms with E-state index in [1.165, 1.54) is 26.2 Å². The molecule has 5 fully saturated rings. The first-order chi connectivity index (χ1) is 14.4. The van der Waals surface area contributed by atoms with E-state index in [4.69, 9.17) is 0 Å². The molecule has 5 aliphatic rings. The highest BCUT2D eigenvalue weighted by Gasteiger charge is 2.56. The topological polar surface area (TPSA) is 78.5 Å². The Hall–Kier alpha value is -2.37. The van der Waals surface area contributed by atoms with Crippen molar-refractivity contribution in [2.45, 2.75) is 64.3 Å². The van der Waals surface area contributed by atoms with Gasteiger partial charge >= 0.3 is 0 Å². The molecule has 6 heteroatoms. The Kier molecular flexibility index (Phi) is 4.83. The predicted octanol–water partition coefficient (Wildman–Crippen LogP) is 3.79. The molecule has 4 saturated carbocycles. The van der Waals surface area contributed by atoms with Crippen molar-refractivity contribution in [2.24, 2.45) is 23.2 Å². The number of benzene rings is 1. The zero-order valence-corrected chi connectivity index (χ0v) is 17.7. The van der Waals surface area contributed by atoms with Crippen LogP contribution >= 0.6 is 0 Å². The minimum Gasteiger partial charge on any atom is -0.330 e. The molecule has 6 rings (SSSR count). The lowest BCUT2D eigenvalue weighted by molar-refractivity contribution is -0.160. The van der Waals surface area contributed by atoms with Crippen molar-refractivity contribution >= 4 is 29.1 Å². The van der Waals surface area contributed by atoms with E-state index in [9.17, 15) is 14.4 Å². The van der Waals surface area contributed by atoms with Gasteiger partial charge in [0.1, 0.15) is 6.04 Å². The van der Waals surface area contributed by atoms with E-state index in [1.54, 1.807) is 24.3 Å². The van der Waals surface area contributed by atoms with Gasteiger partial charge in [0.05, 0.1) is 5.41 Å². The van der Waals surface area contributed by atoms with Gasteiger partial charge < -0.3 is 15.5 Å². The van der Waals surface area contributed by atoms with E-state index in [-0.39, 0.29) is 29.2 Å². The van der Waals surface area contributed by atoms with E-state index in [0.29, 0.717) is 17.9 Å². The van der Waals surface area contributed by atoms with Gasteiger partial charge in [0.2, 0.25) is 17.7 Å².